The first-order valence-corrected chi connectivity index (χ1v) is 17.3. The van der Waals surface area contributed by atoms with Gasteiger partial charge in [-0.25, -0.2) is 9.97 Å². The number of hydrogen-bond donors (Lipinski definition) is 0. The fraction of sp³-hybridized carbons (Fsp3) is 0. The Labute approximate surface area is 298 Å². The van der Waals surface area contributed by atoms with Gasteiger partial charge in [0.1, 0.15) is 17.5 Å². The zero-order valence-electron chi connectivity index (χ0n) is 27.8. The summed E-state index contributed by atoms with van der Waals surface area (Å²) in [5, 5.41) is 4.49. The second-order valence-corrected chi connectivity index (χ2v) is 13.0. The number of anilines is 3. The lowest BCUT2D eigenvalue weighted by Crippen LogP contribution is -2.15. The van der Waals surface area contributed by atoms with Crippen LogP contribution in [0.1, 0.15) is 0 Å². The number of hydrogen-bond acceptors (Lipinski definition) is 5. The molecule has 6 nitrogen and oxygen atoms in total. The van der Waals surface area contributed by atoms with Crippen LogP contribution < -0.4 is 9.64 Å². The minimum atomic E-state index is 0.829. The SMILES string of the molecule is c1ccc(-c2cc(-c3ccc(-n4c5ccc(N6c7ccccc7Oc7ccccc76)cc5c5ccc6oc7ccccc7c6c54)cc3)ncn2)cc1. The molecule has 4 heterocycles. The van der Waals surface area contributed by atoms with E-state index < -0.39 is 0 Å². The molecule has 52 heavy (non-hydrogen) atoms. The smallest absolute Gasteiger partial charge is 0.151 e. The summed E-state index contributed by atoms with van der Waals surface area (Å²) in [4.78, 5) is 11.5. The summed E-state index contributed by atoms with van der Waals surface area (Å²) in [7, 11) is 0. The van der Waals surface area contributed by atoms with E-state index in [-0.39, 0.29) is 0 Å². The first kappa shape index (κ1) is 28.6. The summed E-state index contributed by atoms with van der Waals surface area (Å²) >= 11 is 0. The topological polar surface area (TPSA) is 56.3 Å². The van der Waals surface area contributed by atoms with Gasteiger partial charge in [0.05, 0.1) is 39.2 Å². The van der Waals surface area contributed by atoms with Crippen molar-refractivity contribution in [2.45, 2.75) is 0 Å². The van der Waals surface area contributed by atoms with Crippen LogP contribution in [0, 0.1) is 0 Å². The molecule has 0 radical (unpaired) electrons. The third kappa shape index (κ3) is 4.31. The molecular weight excluding hydrogens is 641 g/mol. The highest BCUT2D eigenvalue weighted by molar-refractivity contribution is 6.25. The van der Waals surface area contributed by atoms with E-state index in [0.717, 1.165) is 101 Å². The number of furan rings is 1. The third-order valence-corrected chi connectivity index (χ3v) is 10.1. The van der Waals surface area contributed by atoms with E-state index in [1.165, 1.54) is 0 Å². The zero-order chi connectivity index (χ0) is 34.2. The van der Waals surface area contributed by atoms with Crippen LogP contribution in [0.15, 0.2) is 175 Å². The van der Waals surface area contributed by atoms with Gasteiger partial charge in [-0.15, -0.1) is 0 Å². The number of para-hydroxylation sites is 5. The summed E-state index contributed by atoms with van der Waals surface area (Å²) in [6.45, 7) is 0. The normalized spacial score (nSPS) is 12.3. The van der Waals surface area contributed by atoms with Crippen LogP contribution in [0.4, 0.5) is 17.1 Å². The molecule has 3 aromatic heterocycles. The van der Waals surface area contributed by atoms with E-state index in [1.807, 2.05) is 54.6 Å². The van der Waals surface area contributed by atoms with E-state index in [0.29, 0.717) is 0 Å². The second kappa shape index (κ2) is 11.2. The van der Waals surface area contributed by atoms with E-state index >= 15 is 0 Å². The Kier molecular flexibility index (Phi) is 6.15. The van der Waals surface area contributed by atoms with E-state index in [1.54, 1.807) is 6.33 Å². The van der Waals surface area contributed by atoms with Gasteiger partial charge in [0, 0.05) is 38.7 Å². The van der Waals surface area contributed by atoms with Crippen LogP contribution in [-0.2, 0) is 0 Å². The lowest BCUT2D eigenvalue weighted by Gasteiger charge is -2.32. The predicted octanol–water partition coefficient (Wildman–Crippen LogP) is 12.4. The van der Waals surface area contributed by atoms with Crippen LogP contribution in [0.25, 0.3) is 71.9 Å². The molecule has 11 rings (SSSR count). The Bertz CT molecular complexity index is 2950. The van der Waals surface area contributed by atoms with Crippen molar-refractivity contribution < 1.29 is 9.15 Å². The van der Waals surface area contributed by atoms with Gasteiger partial charge in [-0.05, 0) is 78.9 Å². The van der Waals surface area contributed by atoms with Gasteiger partial charge in [-0.3, -0.25) is 0 Å². The van der Waals surface area contributed by atoms with Crippen LogP contribution in [0.2, 0.25) is 0 Å². The van der Waals surface area contributed by atoms with Crippen molar-refractivity contribution in [1.82, 2.24) is 14.5 Å². The summed E-state index contributed by atoms with van der Waals surface area (Å²) in [6.07, 6.45) is 1.64. The lowest BCUT2D eigenvalue weighted by molar-refractivity contribution is 0.477. The van der Waals surface area contributed by atoms with Gasteiger partial charge in [-0.1, -0.05) is 84.9 Å². The maximum Gasteiger partial charge on any atom is 0.151 e. The minimum absolute atomic E-state index is 0.829. The van der Waals surface area contributed by atoms with Crippen LogP contribution in [-0.4, -0.2) is 14.5 Å². The maximum atomic E-state index is 6.42. The van der Waals surface area contributed by atoms with Crippen molar-refractivity contribution >= 4 is 60.8 Å². The summed E-state index contributed by atoms with van der Waals surface area (Å²) in [5.74, 6) is 1.66. The number of rotatable bonds is 4. The van der Waals surface area contributed by atoms with Crippen molar-refractivity contribution in [3.05, 3.63) is 170 Å². The van der Waals surface area contributed by atoms with Gasteiger partial charge < -0.3 is 18.6 Å². The highest BCUT2D eigenvalue weighted by atomic mass is 16.5. The molecule has 10 aromatic rings. The molecule has 1 aliphatic rings. The summed E-state index contributed by atoms with van der Waals surface area (Å²) < 4.78 is 15.1. The highest BCUT2D eigenvalue weighted by Gasteiger charge is 2.27. The number of ether oxygens (including phenoxy) is 1. The van der Waals surface area contributed by atoms with Crippen LogP contribution >= 0.6 is 0 Å². The molecule has 0 aliphatic carbocycles. The van der Waals surface area contributed by atoms with E-state index in [9.17, 15) is 0 Å². The zero-order valence-corrected chi connectivity index (χ0v) is 27.8. The van der Waals surface area contributed by atoms with Gasteiger partial charge in [0.25, 0.3) is 0 Å². The quantitative estimate of drug-likeness (QED) is 0.187. The molecule has 0 saturated heterocycles. The molecule has 1 aliphatic heterocycles. The average molecular weight is 669 g/mol. The van der Waals surface area contributed by atoms with Crippen molar-refractivity contribution in [2.24, 2.45) is 0 Å². The van der Waals surface area contributed by atoms with E-state index in [2.05, 4.69) is 129 Å². The Morgan fingerprint density at radius 2 is 1.12 bits per heavy atom. The van der Waals surface area contributed by atoms with Gasteiger partial charge in [-0.2, -0.15) is 0 Å². The molecule has 0 amide bonds. The molecule has 0 spiro atoms. The highest BCUT2D eigenvalue weighted by Crippen LogP contribution is 2.51. The maximum absolute atomic E-state index is 6.42. The molecule has 0 fully saturated rings. The molecule has 0 N–H and O–H groups in total. The fourth-order valence-electron chi connectivity index (χ4n) is 7.76. The van der Waals surface area contributed by atoms with Crippen molar-refractivity contribution in [3.63, 3.8) is 0 Å². The molecule has 6 heteroatoms. The van der Waals surface area contributed by atoms with Crippen molar-refractivity contribution in [1.29, 1.82) is 0 Å². The third-order valence-electron chi connectivity index (χ3n) is 10.1. The number of fused-ring (bicyclic) bond motifs is 9. The lowest BCUT2D eigenvalue weighted by atomic mass is 10.1. The van der Waals surface area contributed by atoms with Crippen LogP contribution in [0.3, 0.4) is 0 Å². The Morgan fingerprint density at radius 3 is 1.88 bits per heavy atom. The standard InChI is InChI=1S/C46H28N4O2/c1-2-10-29(11-3-1)36-27-37(48-28-47-36)30-18-20-31(21-19-30)50-38-24-22-32(49-39-13-5-8-16-42(39)52-43-17-9-6-14-40(43)49)26-35(38)33-23-25-44-45(46(33)50)34-12-4-7-15-41(34)51-44/h1-28H. The second-order valence-electron chi connectivity index (χ2n) is 13.0. The predicted molar refractivity (Wildman–Crippen MR) is 209 cm³/mol. The number of aromatic nitrogens is 3. The van der Waals surface area contributed by atoms with Crippen molar-refractivity contribution in [3.8, 4) is 39.7 Å². The molecular formula is C46H28N4O2. The molecule has 7 aromatic carbocycles. The monoisotopic (exact) mass is 668 g/mol. The minimum Gasteiger partial charge on any atom is -0.456 e. The first-order chi connectivity index (χ1) is 25.8. The van der Waals surface area contributed by atoms with E-state index in [4.69, 9.17) is 9.15 Å². The largest absolute Gasteiger partial charge is 0.456 e. The van der Waals surface area contributed by atoms with Crippen LogP contribution in [0.5, 0.6) is 11.5 Å². The molecule has 0 unspecified atom stereocenters. The Balaban J connectivity index is 1.13. The van der Waals surface area contributed by atoms with Gasteiger partial charge in [0.2, 0.25) is 0 Å². The summed E-state index contributed by atoms with van der Waals surface area (Å²) in [5.41, 5.74) is 11.9. The average Bonchev–Trinajstić information content (AvgIpc) is 3.76. The van der Waals surface area contributed by atoms with Gasteiger partial charge in [0.15, 0.2) is 11.5 Å². The summed E-state index contributed by atoms with van der Waals surface area (Å²) in [6, 6.07) is 56.7. The fourth-order valence-corrected chi connectivity index (χ4v) is 7.76. The Morgan fingerprint density at radius 1 is 0.462 bits per heavy atom. The molecule has 0 bridgehead atoms. The van der Waals surface area contributed by atoms with Crippen molar-refractivity contribution in [2.75, 3.05) is 4.90 Å². The number of nitrogens with zero attached hydrogens (tertiary/aromatic N) is 4. The molecule has 244 valence electrons. The number of benzene rings is 7. The van der Waals surface area contributed by atoms with Gasteiger partial charge >= 0.3 is 0 Å². The Hall–Kier alpha value is -7.18. The molecule has 0 atom stereocenters. The first-order valence-electron chi connectivity index (χ1n) is 17.3. The molecule has 0 saturated carbocycles.